The van der Waals surface area contributed by atoms with E-state index in [-0.39, 0.29) is 5.92 Å². The van der Waals surface area contributed by atoms with Gasteiger partial charge in [0.25, 0.3) is 0 Å². The van der Waals surface area contributed by atoms with Crippen molar-refractivity contribution in [3.8, 4) is 0 Å². The maximum Gasteiger partial charge on any atom is 0.306 e. The molecule has 0 aromatic carbocycles. The van der Waals surface area contributed by atoms with E-state index in [1.54, 1.807) is 0 Å². The Kier molecular flexibility index (Phi) is 6.20. The molecule has 4 aliphatic rings. The topological polar surface area (TPSA) is 37.3 Å². The number of carboxylic acids is 1. The van der Waals surface area contributed by atoms with Crippen molar-refractivity contribution in [2.24, 2.45) is 51.2 Å². The fourth-order valence-electron chi connectivity index (χ4n) is 9.83. The van der Waals surface area contributed by atoms with Crippen LogP contribution in [0.3, 0.4) is 0 Å². The summed E-state index contributed by atoms with van der Waals surface area (Å²) in [4.78, 5) is 11.2. The van der Waals surface area contributed by atoms with Crippen molar-refractivity contribution in [1.29, 1.82) is 0 Å². The monoisotopic (exact) mass is 442 g/mol. The predicted molar refractivity (Wildman–Crippen MR) is 133 cm³/mol. The van der Waals surface area contributed by atoms with Crippen LogP contribution in [0.2, 0.25) is 0 Å². The minimum atomic E-state index is -0.640. The van der Waals surface area contributed by atoms with Crippen LogP contribution in [0, 0.1) is 51.2 Å². The molecule has 32 heavy (non-hydrogen) atoms. The second kappa shape index (κ2) is 8.16. The third-order valence-electron chi connectivity index (χ3n) is 12.0. The minimum Gasteiger partial charge on any atom is -0.481 e. The molecule has 0 spiro atoms. The Morgan fingerprint density at radius 1 is 1.03 bits per heavy atom. The number of hydrogen-bond donors (Lipinski definition) is 1. The van der Waals surface area contributed by atoms with Crippen LogP contribution in [0.5, 0.6) is 0 Å². The van der Waals surface area contributed by atoms with E-state index in [2.05, 4.69) is 47.6 Å². The van der Waals surface area contributed by atoms with Gasteiger partial charge in [-0.15, -0.1) is 0 Å². The van der Waals surface area contributed by atoms with Gasteiger partial charge < -0.3 is 5.11 Å². The van der Waals surface area contributed by atoms with Crippen molar-refractivity contribution >= 4 is 5.97 Å². The van der Waals surface area contributed by atoms with E-state index >= 15 is 0 Å². The molecule has 0 aromatic heterocycles. The van der Waals surface area contributed by atoms with Crippen LogP contribution in [0.1, 0.15) is 119 Å². The number of carbonyl (C=O) groups is 1. The van der Waals surface area contributed by atoms with Crippen LogP contribution in [-0.2, 0) is 4.79 Å². The molecule has 3 fully saturated rings. The lowest BCUT2D eigenvalue weighted by atomic mass is 9.41. The van der Waals surface area contributed by atoms with Gasteiger partial charge in [0.1, 0.15) is 0 Å². The van der Waals surface area contributed by atoms with E-state index in [0.29, 0.717) is 27.6 Å². The first-order valence-corrected chi connectivity index (χ1v) is 13.8. The highest BCUT2D eigenvalue weighted by Gasteiger charge is 2.64. The summed E-state index contributed by atoms with van der Waals surface area (Å²) in [6.45, 7) is 17.4. The molecule has 0 radical (unpaired) electrons. The minimum absolute atomic E-state index is 0.206. The maximum absolute atomic E-state index is 11.2. The number of fused-ring (bicyclic) bond motifs is 5. The van der Waals surface area contributed by atoms with E-state index in [1.165, 1.54) is 57.8 Å². The lowest BCUT2D eigenvalue weighted by molar-refractivity contribution is -0.141. The van der Waals surface area contributed by atoms with Crippen molar-refractivity contribution in [2.45, 2.75) is 119 Å². The molecule has 4 rings (SSSR count). The predicted octanol–water partition coefficient (Wildman–Crippen LogP) is 8.51. The second-order valence-electron chi connectivity index (χ2n) is 13.9. The smallest absolute Gasteiger partial charge is 0.306 e. The SMILES string of the molecule is CC(CCC[C@@H](C)[C@H]1CC[C@@]2(C)C3=CC[C@H]4C(C)(C)CCC[C@]4(C)[C@H]3CC[C@]12C)C(=O)O. The van der Waals surface area contributed by atoms with Crippen molar-refractivity contribution < 1.29 is 9.90 Å². The van der Waals surface area contributed by atoms with Gasteiger partial charge in [0.2, 0.25) is 0 Å². The number of hydrogen-bond acceptors (Lipinski definition) is 1. The summed E-state index contributed by atoms with van der Waals surface area (Å²) < 4.78 is 0. The van der Waals surface area contributed by atoms with E-state index in [9.17, 15) is 9.90 Å². The summed E-state index contributed by atoms with van der Waals surface area (Å²) in [5, 5.41) is 9.23. The third-order valence-corrected chi connectivity index (χ3v) is 12.0. The molecule has 0 bridgehead atoms. The van der Waals surface area contributed by atoms with Crippen molar-refractivity contribution in [3.05, 3.63) is 11.6 Å². The Morgan fingerprint density at radius 2 is 1.75 bits per heavy atom. The van der Waals surface area contributed by atoms with E-state index < -0.39 is 5.97 Å². The number of carboxylic acid groups (broad SMARTS) is 1. The first-order chi connectivity index (χ1) is 14.9. The van der Waals surface area contributed by atoms with Crippen molar-refractivity contribution in [3.63, 3.8) is 0 Å². The molecular formula is C30H50O2. The molecule has 8 atom stereocenters. The standard InChI is InChI=1S/C30H50O2/c1-20(10-8-11-21(2)26(31)32)22-14-18-30(7)24-12-13-25-27(3,4)16-9-17-28(25,5)23(24)15-19-29(22,30)6/h12,20-23,25H,8-11,13-19H2,1-7H3,(H,31,32)/t20-,21?,22-,23+,25+,28-,29-,30+/m1/s1. The van der Waals surface area contributed by atoms with Crippen LogP contribution in [0.15, 0.2) is 11.6 Å². The lowest BCUT2D eigenvalue weighted by Crippen LogP contribution is -2.55. The third kappa shape index (κ3) is 3.52. The average Bonchev–Trinajstić information content (AvgIpc) is 2.98. The number of aliphatic carboxylic acids is 1. The summed E-state index contributed by atoms with van der Waals surface area (Å²) in [6.07, 6.45) is 16.8. The van der Waals surface area contributed by atoms with Gasteiger partial charge in [-0.05, 0) is 96.7 Å². The van der Waals surface area contributed by atoms with Gasteiger partial charge >= 0.3 is 5.97 Å². The second-order valence-corrected chi connectivity index (χ2v) is 13.9. The summed E-state index contributed by atoms with van der Waals surface area (Å²) in [7, 11) is 0. The van der Waals surface area contributed by atoms with Gasteiger partial charge in [0, 0.05) is 0 Å². The van der Waals surface area contributed by atoms with E-state index in [4.69, 9.17) is 0 Å². The van der Waals surface area contributed by atoms with Crippen molar-refractivity contribution in [2.75, 3.05) is 0 Å². The van der Waals surface area contributed by atoms with Crippen LogP contribution in [0.4, 0.5) is 0 Å². The highest BCUT2D eigenvalue weighted by molar-refractivity contribution is 5.69. The van der Waals surface area contributed by atoms with Crippen LogP contribution in [0.25, 0.3) is 0 Å². The highest BCUT2D eigenvalue weighted by atomic mass is 16.4. The van der Waals surface area contributed by atoms with Crippen LogP contribution in [-0.4, -0.2) is 11.1 Å². The summed E-state index contributed by atoms with van der Waals surface area (Å²) in [5.41, 5.74) is 3.60. The van der Waals surface area contributed by atoms with E-state index in [1.807, 2.05) is 12.5 Å². The molecule has 1 unspecified atom stereocenters. The molecule has 2 nitrogen and oxygen atoms in total. The Morgan fingerprint density at radius 3 is 2.44 bits per heavy atom. The normalized spacial score (nSPS) is 44.6. The lowest BCUT2D eigenvalue weighted by Gasteiger charge is -2.63. The molecule has 0 amide bonds. The molecule has 1 N–H and O–H groups in total. The molecule has 2 heteroatoms. The maximum atomic E-state index is 11.2. The van der Waals surface area contributed by atoms with Gasteiger partial charge in [0.15, 0.2) is 0 Å². The highest BCUT2D eigenvalue weighted by Crippen LogP contribution is 2.73. The first-order valence-electron chi connectivity index (χ1n) is 13.8. The van der Waals surface area contributed by atoms with Gasteiger partial charge in [-0.25, -0.2) is 0 Å². The molecule has 0 saturated heterocycles. The quantitative estimate of drug-likeness (QED) is 0.419. The van der Waals surface area contributed by atoms with Gasteiger partial charge in [-0.1, -0.05) is 79.4 Å². The Bertz CT molecular complexity index is 765. The van der Waals surface area contributed by atoms with E-state index in [0.717, 1.165) is 30.6 Å². The van der Waals surface area contributed by atoms with Crippen LogP contribution < -0.4 is 0 Å². The van der Waals surface area contributed by atoms with Gasteiger partial charge in [0.05, 0.1) is 5.92 Å². The fourth-order valence-corrected chi connectivity index (χ4v) is 9.83. The van der Waals surface area contributed by atoms with Gasteiger partial charge in [-0.3, -0.25) is 4.79 Å². The molecular weight excluding hydrogens is 392 g/mol. The Balaban J connectivity index is 1.54. The Hall–Kier alpha value is -0.790. The number of allylic oxidation sites excluding steroid dienone is 2. The summed E-state index contributed by atoms with van der Waals surface area (Å²) >= 11 is 0. The molecule has 0 aromatic rings. The zero-order valence-electron chi connectivity index (χ0n) is 22.1. The molecule has 0 aliphatic heterocycles. The fraction of sp³-hybridized carbons (Fsp3) is 0.900. The summed E-state index contributed by atoms with van der Waals surface area (Å²) in [6, 6.07) is 0. The molecule has 182 valence electrons. The van der Waals surface area contributed by atoms with Crippen LogP contribution >= 0.6 is 0 Å². The van der Waals surface area contributed by atoms with Gasteiger partial charge in [-0.2, -0.15) is 0 Å². The van der Waals surface area contributed by atoms with Crippen molar-refractivity contribution in [1.82, 2.24) is 0 Å². The largest absolute Gasteiger partial charge is 0.481 e. The zero-order valence-corrected chi connectivity index (χ0v) is 22.1. The number of rotatable bonds is 6. The average molecular weight is 443 g/mol. The summed E-state index contributed by atoms with van der Waals surface area (Å²) in [5.74, 6) is 2.27. The zero-order chi connectivity index (χ0) is 23.5. The molecule has 3 saturated carbocycles. The first kappa shape index (κ1) is 24.3. The molecule has 0 heterocycles. The molecule has 4 aliphatic carbocycles. The Labute approximate surface area is 198 Å².